The van der Waals surface area contributed by atoms with Crippen molar-refractivity contribution in [3.05, 3.63) is 29.8 Å². The van der Waals surface area contributed by atoms with Crippen molar-refractivity contribution in [1.29, 1.82) is 0 Å². The first-order chi connectivity index (χ1) is 11.8. The lowest BCUT2D eigenvalue weighted by Crippen LogP contribution is -2.53. The molecule has 2 rings (SSSR count). The molecule has 26 heavy (non-hydrogen) atoms. The van der Waals surface area contributed by atoms with E-state index in [1.165, 1.54) is 12.2 Å². The zero-order valence-corrected chi connectivity index (χ0v) is 16.7. The Morgan fingerprint density at radius 1 is 1.19 bits per heavy atom. The number of ether oxygens (including phenoxy) is 2. The highest BCUT2D eigenvalue weighted by Crippen LogP contribution is 2.20. The standard InChI is InChI=1S/C16H23N5O4.BrH/c1-16(2)20-14(17)19-15(18)21(16)25-10-4-9-24-12-7-5-11(6-8-12)13(22)23-3;/h5-8H,4,9-10H2,1-3H3,(H4,17,18,19,20);1H. The predicted octanol–water partition coefficient (Wildman–Crippen LogP) is 1.43. The molecule has 0 fully saturated rings. The van der Waals surface area contributed by atoms with E-state index in [0.29, 0.717) is 30.9 Å². The smallest absolute Gasteiger partial charge is 0.337 e. The van der Waals surface area contributed by atoms with Crippen LogP contribution in [0.5, 0.6) is 5.75 Å². The number of rotatable bonds is 7. The highest BCUT2D eigenvalue weighted by atomic mass is 79.9. The van der Waals surface area contributed by atoms with Crippen LogP contribution in [0.1, 0.15) is 30.6 Å². The summed E-state index contributed by atoms with van der Waals surface area (Å²) in [7, 11) is 1.34. The molecule has 10 heteroatoms. The minimum atomic E-state index is -0.722. The maximum atomic E-state index is 11.4. The summed E-state index contributed by atoms with van der Waals surface area (Å²) >= 11 is 0. The summed E-state index contributed by atoms with van der Waals surface area (Å²) in [6, 6.07) is 6.72. The molecule has 0 aromatic heterocycles. The van der Waals surface area contributed by atoms with Gasteiger partial charge in [-0.15, -0.1) is 17.0 Å². The Labute approximate surface area is 162 Å². The second-order valence-electron chi connectivity index (χ2n) is 5.78. The van der Waals surface area contributed by atoms with Crippen molar-refractivity contribution in [2.75, 3.05) is 20.3 Å². The molecule has 0 saturated carbocycles. The van der Waals surface area contributed by atoms with Gasteiger partial charge in [0.25, 0.3) is 0 Å². The normalized spacial score (nSPS) is 15.4. The van der Waals surface area contributed by atoms with Crippen LogP contribution in [0.15, 0.2) is 34.3 Å². The average Bonchev–Trinajstić information content (AvgIpc) is 2.55. The lowest BCUT2D eigenvalue weighted by atomic mass is 10.2. The summed E-state index contributed by atoms with van der Waals surface area (Å²) < 4.78 is 10.2. The van der Waals surface area contributed by atoms with Crippen molar-refractivity contribution in [3.8, 4) is 5.75 Å². The van der Waals surface area contributed by atoms with E-state index < -0.39 is 5.66 Å². The first kappa shape index (κ1) is 21.7. The summed E-state index contributed by atoms with van der Waals surface area (Å²) in [5, 5.41) is 1.43. The van der Waals surface area contributed by atoms with Crippen LogP contribution in [-0.2, 0) is 9.57 Å². The molecule has 0 bridgehead atoms. The molecule has 0 radical (unpaired) electrons. The van der Waals surface area contributed by atoms with Crippen LogP contribution in [-0.4, -0.2) is 48.9 Å². The quantitative estimate of drug-likeness (QED) is 0.495. The summed E-state index contributed by atoms with van der Waals surface area (Å²) in [5.41, 5.74) is 11.2. The van der Waals surface area contributed by atoms with Crippen LogP contribution in [0.3, 0.4) is 0 Å². The van der Waals surface area contributed by atoms with Gasteiger partial charge < -0.3 is 20.9 Å². The fraction of sp³-hybridized carbons (Fsp3) is 0.438. The third kappa shape index (κ3) is 5.60. The monoisotopic (exact) mass is 429 g/mol. The molecule has 1 aliphatic heterocycles. The maximum absolute atomic E-state index is 11.4. The number of nitrogens with two attached hydrogens (primary N) is 2. The molecule has 1 aromatic rings. The van der Waals surface area contributed by atoms with Crippen molar-refractivity contribution >= 4 is 34.9 Å². The number of methoxy groups -OCH3 is 1. The van der Waals surface area contributed by atoms with Gasteiger partial charge >= 0.3 is 5.97 Å². The number of hydrogen-bond donors (Lipinski definition) is 2. The number of guanidine groups is 2. The van der Waals surface area contributed by atoms with E-state index in [0.717, 1.165) is 0 Å². The minimum absolute atomic E-state index is 0. The van der Waals surface area contributed by atoms with Crippen LogP contribution >= 0.6 is 17.0 Å². The molecule has 144 valence electrons. The third-order valence-corrected chi connectivity index (χ3v) is 3.38. The number of hydrogen-bond acceptors (Lipinski definition) is 9. The fourth-order valence-corrected chi connectivity index (χ4v) is 2.23. The maximum Gasteiger partial charge on any atom is 0.337 e. The highest BCUT2D eigenvalue weighted by molar-refractivity contribution is 8.93. The van der Waals surface area contributed by atoms with Gasteiger partial charge in [0.15, 0.2) is 5.66 Å². The first-order valence-electron chi connectivity index (χ1n) is 7.77. The van der Waals surface area contributed by atoms with E-state index in [-0.39, 0.29) is 34.9 Å². The van der Waals surface area contributed by atoms with E-state index in [9.17, 15) is 4.79 Å². The van der Waals surface area contributed by atoms with Crippen molar-refractivity contribution in [1.82, 2.24) is 5.06 Å². The summed E-state index contributed by atoms with van der Waals surface area (Å²) in [6.45, 7) is 4.45. The second-order valence-corrected chi connectivity index (χ2v) is 5.78. The van der Waals surface area contributed by atoms with Crippen LogP contribution < -0.4 is 16.2 Å². The van der Waals surface area contributed by atoms with Gasteiger partial charge in [0, 0.05) is 6.42 Å². The molecule has 1 aromatic carbocycles. The molecule has 0 atom stereocenters. The third-order valence-electron chi connectivity index (χ3n) is 3.38. The lowest BCUT2D eigenvalue weighted by Gasteiger charge is -2.36. The summed E-state index contributed by atoms with van der Waals surface area (Å²) in [6.07, 6.45) is 0.623. The number of halogens is 1. The summed E-state index contributed by atoms with van der Waals surface area (Å²) in [4.78, 5) is 25.1. The van der Waals surface area contributed by atoms with Crippen molar-refractivity contribution < 1.29 is 19.1 Å². The number of aliphatic imine (C=N–C) groups is 2. The topological polar surface area (TPSA) is 125 Å². The van der Waals surface area contributed by atoms with E-state index in [1.807, 2.05) is 13.8 Å². The molecule has 1 aliphatic rings. The lowest BCUT2D eigenvalue weighted by molar-refractivity contribution is -0.158. The zero-order valence-electron chi connectivity index (χ0n) is 15.0. The van der Waals surface area contributed by atoms with Gasteiger partial charge in [-0.2, -0.15) is 10.1 Å². The van der Waals surface area contributed by atoms with Crippen LogP contribution in [0.25, 0.3) is 0 Å². The Hall–Kier alpha value is -2.33. The molecular formula is C16H24BrN5O4. The zero-order chi connectivity index (χ0) is 18.4. The van der Waals surface area contributed by atoms with E-state index >= 15 is 0 Å². The first-order valence-corrected chi connectivity index (χ1v) is 7.77. The van der Waals surface area contributed by atoms with Crippen LogP contribution in [0, 0.1) is 0 Å². The van der Waals surface area contributed by atoms with Gasteiger partial charge in [-0.3, -0.25) is 4.84 Å². The SMILES string of the molecule is Br.COC(=O)c1ccc(OCCCON2C(N)=NC(N)=NC2(C)C)cc1. The van der Waals surface area contributed by atoms with Gasteiger partial charge in [0.1, 0.15) is 5.75 Å². The van der Waals surface area contributed by atoms with Crippen LogP contribution in [0.4, 0.5) is 0 Å². The number of esters is 1. The van der Waals surface area contributed by atoms with Crippen molar-refractivity contribution in [2.24, 2.45) is 21.5 Å². The van der Waals surface area contributed by atoms with Gasteiger partial charge in [-0.1, -0.05) is 0 Å². The van der Waals surface area contributed by atoms with E-state index in [2.05, 4.69) is 14.7 Å². The second kappa shape index (κ2) is 9.39. The molecule has 0 spiro atoms. The molecule has 4 N–H and O–H groups in total. The fourth-order valence-electron chi connectivity index (χ4n) is 2.23. The van der Waals surface area contributed by atoms with Crippen LogP contribution in [0.2, 0.25) is 0 Å². The Morgan fingerprint density at radius 3 is 2.42 bits per heavy atom. The number of carbonyl (C=O) groups is 1. The number of carbonyl (C=O) groups excluding carboxylic acids is 1. The predicted molar refractivity (Wildman–Crippen MR) is 103 cm³/mol. The molecule has 9 nitrogen and oxygen atoms in total. The number of benzene rings is 1. The Bertz CT molecular complexity index is 676. The average molecular weight is 430 g/mol. The molecular weight excluding hydrogens is 406 g/mol. The minimum Gasteiger partial charge on any atom is -0.494 e. The number of hydroxylamine groups is 2. The van der Waals surface area contributed by atoms with E-state index in [4.69, 9.17) is 21.0 Å². The Morgan fingerprint density at radius 2 is 1.85 bits per heavy atom. The largest absolute Gasteiger partial charge is 0.494 e. The Kier molecular flexibility index (Phi) is 7.84. The molecule has 0 aliphatic carbocycles. The van der Waals surface area contributed by atoms with Gasteiger partial charge in [-0.05, 0) is 38.1 Å². The molecule has 1 heterocycles. The molecule has 0 unspecified atom stereocenters. The van der Waals surface area contributed by atoms with Gasteiger partial charge in [0.05, 0.1) is 25.9 Å². The number of nitrogens with zero attached hydrogens (tertiary/aromatic N) is 3. The van der Waals surface area contributed by atoms with Gasteiger partial charge in [-0.25, -0.2) is 9.79 Å². The van der Waals surface area contributed by atoms with Crippen molar-refractivity contribution in [2.45, 2.75) is 25.9 Å². The summed E-state index contributed by atoms with van der Waals surface area (Å²) in [5.74, 6) is 0.564. The Balaban J connectivity index is 0.00000338. The highest BCUT2D eigenvalue weighted by Gasteiger charge is 2.32. The van der Waals surface area contributed by atoms with E-state index in [1.54, 1.807) is 24.3 Å². The molecule has 0 amide bonds. The van der Waals surface area contributed by atoms with Gasteiger partial charge in [0.2, 0.25) is 11.9 Å². The molecule has 0 saturated heterocycles. The van der Waals surface area contributed by atoms with Crippen molar-refractivity contribution in [3.63, 3.8) is 0 Å².